The van der Waals surface area contributed by atoms with Gasteiger partial charge >= 0.3 is 19.5 Å². The Morgan fingerprint density at radius 2 is 1.73 bits per heavy atom. The van der Waals surface area contributed by atoms with Gasteiger partial charge in [0.1, 0.15) is 0 Å². The molecule has 0 atom stereocenters. The van der Waals surface area contributed by atoms with E-state index in [9.17, 15) is 0 Å². The van der Waals surface area contributed by atoms with Gasteiger partial charge in [-0.2, -0.15) is 17.5 Å². The average Bonchev–Trinajstić information content (AvgIpc) is 2.33. The monoisotopic (exact) mass is 319 g/mol. The fourth-order valence-corrected chi connectivity index (χ4v) is 1.07. The van der Waals surface area contributed by atoms with Gasteiger partial charge in [0.15, 0.2) is 0 Å². The smallest absolute Gasteiger partial charge is 0.168 e. The van der Waals surface area contributed by atoms with Gasteiger partial charge in [-0.1, -0.05) is 6.07 Å². The normalized spacial score (nSPS) is 8.36. The van der Waals surface area contributed by atoms with Gasteiger partial charge in [0, 0.05) is 19.5 Å². The third-order valence-electron chi connectivity index (χ3n) is 1.55. The van der Waals surface area contributed by atoms with Crippen molar-refractivity contribution in [1.29, 1.82) is 0 Å². The second kappa shape index (κ2) is 4.85. The first-order valence-electron chi connectivity index (χ1n) is 3.07. The van der Waals surface area contributed by atoms with E-state index in [0.29, 0.717) is 0 Å². The SMILES string of the molecule is [Ru+].[Ru].c1ccc2[cH-]ccc2c1. The van der Waals surface area contributed by atoms with Gasteiger partial charge in [-0.15, -0.1) is 29.7 Å². The molecule has 1 radical (unpaired) electrons. The topological polar surface area (TPSA) is 0 Å². The van der Waals surface area contributed by atoms with Crippen LogP contribution in [0.1, 0.15) is 0 Å². The van der Waals surface area contributed by atoms with E-state index in [2.05, 4.69) is 42.5 Å². The molecule has 0 unspecified atom stereocenters. The zero-order valence-corrected chi connectivity index (χ0v) is 9.22. The third kappa shape index (κ3) is 2.25. The predicted octanol–water partition coefficient (Wildman–Crippen LogP) is 2.55. The summed E-state index contributed by atoms with van der Waals surface area (Å²) in [6.45, 7) is 0. The molecule has 59 valence electrons. The second-order valence-electron chi connectivity index (χ2n) is 2.15. The van der Waals surface area contributed by atoms with Gasteiger partial charge < -0.3 is 0 Å². The van der Waals surface area contributed by atoms with Crippen LogP contribution in [0.3, 0.4) is 0 Å². The summed E-state index contributed by atoms with van der Waals surface area (Å²) in [5.74, 6) is 0. The van der Waals surface area contributed by atoms with Crippen LogP contribution < -0.4 is 0 Å². The van der Waals surface area contributed by atoms with Crippen LogP contribution in [0, 0.1) is 0 Å². The summed E-state index contributed by atoms with van der Waals surface area (Å²) >= 11 is 0. The first kappa shape index (κ1) is 11.1. The Hall–Kier alpha value is 0.0768. The molecule has 0 N–H and O–H groups in total. The molecule has 0 aliphatic heterocycles. The predicted molar refractivity (Wildman–Crippen MR) is 39.5 cm³/mol. The molecular formula is C9H7Ru2. The van der Waals surface area contributed by atoms with Gasteiger partial charge in [0.25, 0.3) is 0 Å². The van der Waals surface area contributed by atoms with Gasteiger partial charge in [-0.3, -0.25) is 0 Å². The largest absolute Gasteiger partial charge is 1.00 e. The molecule has 0 spiro atoms. The van der Waals surface area contributed by atoms with Crippen molar-refractivity contribution in [2.24, 2.45) is 0 Å². The Morgan fingerprint density at radius 3 is 2.45 bits per heavy atom. The minimum absolute atomic E-state index is 0. The fourth-order valence-electron chi connectivity index (χ4n) is 1.07. The molecule has 2 aromatic rings. The summed E-state index contributed by atoms with van der Waals surface area (Å²) in [4.78, 5) is 0. The molecule has 0 bridgehead atoms. The Labute approximate surface area is 91.9 Å². The van der Waals surface area contributed by atoms with E-state index in [1.54, 1.807) is 0 Å². The molecule has 0 amide bonds. The maximum Gasteiger partial charge on any atom is 1.00 e. The number of rotatable bonds is 0. The molecule has 2 rings (SSSR count). The zero-order chi connectivity index (χ0) is 6.10. The van der Waals surface area contributed by atoms with Crippen molar-refractivity contribution < 1.29 is 39.0 Å². The first-order chi connectivity index (χ1) is 4.47. The molecule has 0 aromatic heterocycles. The number of hydrogen-bond donors (Lipinski definition) is 0. The Bertz CT molecular complexity index is 282. The van der Waals surface area contributed by atoms with E-state index in [1.165, 1.54) is 10.8 Å². The minimum Gasteiger partial charge on any atom is -0.168 e. The first-order valence-corrected chi connectivity index (χ1v) is 3.07. The van der Waals surface area contributed by atoms with E-state index in [0.717, 1.165) is 0 Å². The summed E-state index contributed by atoms with van der Waals surface area (Å²) in [6.07, 6.45) is 0. The second-order valence-corrected chi connectivity index (χ2v) is 2.15. The van der Waals surface area contributed by atoms with E-state index in [-0.39, 0.29) is 39.0 Å². The van der Waals surface area contributed by atoms with Crippen molar-refractivity contribution >= 4 is 10.8 Å². The Balaban J connectivity index is 0.000000500. The summed E-state index contributed by atoms with van der Waals surface area (Å²) in [7, 11) is 0. The summed E-state index contributed by atoms with van der Waals surface area (Å²) in [5.41, 5.74) is 0. The molecule has 0 saturated carbocycles. The fraction of sp³-hybridized carbons (Fsp3) is 0. The van der Waals surface area contributed by atoms with E-state index in [4.69, 9.17) is 0 Å². The molecule has 0 aliphatic carbocycles. The molecule has 11 heavy (non-hydrogen) atoms. The molecule has 2 aromatic carbocycles. The van der Waals surface area contributed by atoms with Crippen LogP contribution in [0.25, 0.3) is 10.8 Å². The molecule has 0 aliphatic rings. The van der Waals surface area contributed by atoms with Crippen LogP contribution >= 0.6 is 0 Å². The standard InChI is InChI=1S/C9H7.2Ru/c1-2-5-9-7-3-6-8(9)4-1;;/h1-7H;;/q-1;;+1. The molecule has 0 nitrogen and oxygen atoms in total. The molecular weight excluding hydrogens is 310 g/mol. The Kier molecular flexibility index (Phi) is 4.89. The van der Waals surface area contributed by atoms with Gasteiger partial charge in [-0.05, 0) is 0 Å². The van der Waals surface area contributed by atoms with Crippen LogP contribution in [-0.2, 0) is 39.0 Å². The van der Waals surface area contributed by atoms with Crippen LogP contribution in [0.4, 0.5) is 0 Å². The van der Waals surface area contributed by atoms with Crippen LogP contribution in [0.5, 0.6) is 0 Å². The molecule has 0 saturated heterocycles. The quantitative estimate of drug-likeness (QED) is 0.517. The van der Waals surface area contributed by atoms with Crippen molar-refractivity contribution in [1.82, 2.24) is 0 Å². The van der Waals surface area contributed by atoms with Crippen molar-refractivity contribution in [3.8, 4) is 0 Å². The summed E-state index contributed by atoms with van der Waals surface area (Å²) in [6, 6.07) is 14.7. The van der Waals surface area contributed by atoms with Crippen molar-refractivity contribution in [3.05, 3.63) is 42.5 Å². The van der Waals surface area contributed by atoms with Crippen LogP contribution in [0.15, 0.2) is 42.5 Å². The van der Waals surface area contributed by atoms with Crippen molar-refractivity contribution in [2.75, 3.05) is 0 Å². The molecule has 0 heterocycles. The van der Waals surface area contributed by atoms with Crippen LogP contribution in [-0.4, -0.2) is 0 Å². The molecule has 2 heteroatoms. The third-order valence-corrected chi connectivity index (χ3v) is 1.55. The maximum absolute atomic E-state index is 2.12. The number of hydrogen-bond acceptors (Lipinski definition) is 0. The van der Waals surface area contributed by atoms with E-state index >= 15 is 0 Å². The van der Waals surface area contributed by atoms with Gasteiger partial charge in [-0.25, -0.2) is 0 Å². The Morgan fingerprint density at radius 1 is 1.00 bits per heavy atom. The number of benzene rings is 1. The van der Waals surface area contributed by atoms with Gasteiger partial charge in [0.2, 0.25) is 0 Å². The zero-order valence-electron chi connectivity index (χ0n) is 5.75. The number of fused-ring (bicyclic) bond motifs is 1. The minimum atomic E-state index is 0. The van der Waals surface area contributed by atoms with Crippen LogP contribution in [0.2, 0.25) is 0 Å². The van der Waals surface area contributed by atoms with E-state index in [1.807, 2.05) is 0 Å². The average molecular weight is 317 g/mol. The maximum atomic E-state index is 2.12. The summed E-state index contributed by atoms with van der Waals surface area (Å²) in [5, 5.41) is 2.66. The summed E-state index contributed by atoms with van der Waals surface area (Å²) < 4.78 is 0. The van der Waals surface area contributed by atoms with Crippen molar-refractivity contribution in [3.63, 3.8) is 0 Å². The van der Waals surface area contributed by atoms with E-state index < -0.39 is 0 Å². The van der Waals surface area contributed by atoms with Gasteiger partial charge in [0.05, 0.1) is 0 Å². The molecule has 0 fully saturated rings. The van der Waals surface area contributed by atoms with Crippen molar-refractivity contribution in [2.45, 2.75) is 0 Å².